The summed E-state index contributed by atoms with van der Waals surface area (Å²) in [5.41, 5.74) is 6.84. The van der Waals surface area contributed by atoms with Gasteiger partial charge in [0.2, 0.25) is 0 Å². The maximum absolute atomic E-state index is 12.3. The third-order valence-corrected chi connectivity index (χ3v) is 13.4. The van der Waals surface area contributed by atoms with E-state index >= 15 is 0 Å². The van der Waals surface area contributed by atoms with Gasteiger partial charge in [-0.1, -0.05) is 73.7 Å². The van der Waals surface area contributed by atoms with E-state index in [-0.39, 0.29) is 16.6 Å². The minimum absolute atomic E-state index is 0.0211. The van der Waals surface area contributed by atoms with E-state index in [9.17, 15) is 5.11 Å². The summed E-state index contributed by atoms with van der Waals surface area (Å²) in [4.78, 5) is 0. The van der Waals surface area contributed by atoms with Gasteiger partial charge in [0, 0.05) is 41.1 Å². The fourth-order valence-corrected chi connectivity index (χ4v) is 11.0. The van der Waals surface area contributed by atoms with Crippen LogP contribution in [0.4, 0.5) is 0 Å². The topological polar surface area (TPSA) is 38.7 Å². The van der Waals surface area contributed by atoms with Crippen molar-refractivity contribution in [2.45, 2.75) is 96.4 Å². The summed E-state index contributed by atoms with van der Waals surface area (Å²) >= 11 is 0. The van der Waals surface area contributed by atoms with E-state index in [1.54, 1.807) is 11.1 Å². The second kappa shape index (κ2) is 9.15. The lowest BCUT2D eigenvalue weighted by atomic mass is 9.50. The summed E-state index contributed by atoms with van der Waals surface area (Å²) in [6.07, 6.45) is 8.83. The molecular weight excluding hydrogens is 500 g/mol. The first-order valence-electron chi connectivity index (χ1n) is 15.5. The smallest absolute Gasteiger partial charge is 0.169 e. The van der Waals surface area contributed by atoms with E-state index in [1.165, 1.54) is 36.1 Å². The Morgan fingerprint density at radius 3 is 2.41 bits per heavy atom. The van der Waals surface area contributed by atoms with E-state index in [0.717, 1.165) is 56.6 Å². The molecule has 212 valence electrons. The maximum atomic E-state index is 12.3. The van der Waals surface area contributed by atoms with Gasteiger partial charge in [-0.15, -0.1) is 0 Å². The molecule has 1 saturated heterocycles. The predicted molar refractivity (Wildman–Crippen MR) is 163 cm³/mol. The molecule has 4 fully saturated rings. The fraction of sp³-hybridized carbons (Fsp3) is 0.686. The van der Waals surface area contributed by atoms with Crippen LogP contribution in [0.5, 0.6) is 0 Å². The predicted octanol–water partition coefficient (Wildman–Crippen LogP) is 7.72. The van der Waals surface area contributed by atoms with Crippen LogP contribution in [-0.2, 0) is 9.47 Å². The van der Waals surface area contributed by atoms with Crippen LogP contribution >= 0.6 is 10.5 Å². The first kappa shape index (κ1) is 26.7. The van der Waals surface area contributed by atoms with E-state index in [1.807, 2.05) is 0 Å². The van der Waals surface area contributed by atoms with Gasteiger partial charge in [-0.2, -0.15) is 10.5 Å². The molecule has 1 N–H and O–H groups in total. The van der Waals surface area contributed by atoms with Crippen molar-refractivity contribution in [3.05, 3.63) is 53.1 Å². The molecule has 3 saturated carbocycles. The van der Waals surface area contributed by atoms with Gasteiger partial charge in [-0.3, -0.25) is 0 Å². The molecule has 7 rings (SSSR count). The Labute approximate surface area is 238 Å². The summed E-state index contributed by atoms with van der Waals surface area (Å²) in [5.74, 6) is 3.99. The van der Waals surface area contributed by atoms with Crippen LogP contribution in [0.2, 0.25) is 0 Å². The molecule has 1 spiro atoms. The summed E-state index contributed by atoms with van der Waals surface area (Å²) < 4.78 is 13.0. The van der Waals surface area contributed by atoms with Crippen LogP contribution in [0.15, 0.2) is 42.0 Å². The molecule has 2 heterocycles. The second-order valence-corrected chi connectivity index (χ2v) is 17.0. The first-order valence-corrected chi connectivity index (χ1v) is 17.1. The number of rotatable bonds is 4. The molecule has 0 bridgehead atoms. The highest BCUT2D eigenvalue weighted by Crippen LogP contribution is 2.68. The van der Waals surface area contributed by atoms with Gasteiger partial charge in [0.05, 0.1) is 18.8 Å². The number of benzene rings is 1. The minimum Gasteiger partial charge on any atom is -0.388 e. The molecule has 0 amide bonds. The van der Waals surface area contributed by atoms with Gasteiger partial charge in [0.15, 0.2) is 5.79 Å². The molecule has 4 aliphatic carbocycles. The van der Waals surface area contributed by atoms with Gasteiger partial charge >= 0.3 is 0 Å². The SMILES string of the molecule is C=C(C)c1ccc(C2CC3(C)C(CCC3(O)CS3=CC3)C3CCC4CC5(CCC4=C23)OCC(C)(C)CO5)cc1. The Kier molecular flexibility index (Phi) is 6.26. The van der Waals surface area contributed by atoms with Crippen molar-refractivity contribution in [3.8, 4) is 0 Å². The Morgan fingerprint density at radius 1 is 1.03 bits per heavy atom. The third-order valence-electron chi connectivity index (χ3n) is 11.7. The van der Waals surface area contributed by atoms with Crippen molar-refractivity contribution in [1.82, 2.24) is 0 Å². The molecule has 39 heavy (non-hydrogen) atoms. The van der Waals surface area contributed by atoms with Crippen molar-refractivity contribution in [2.75, 3.05) is 24.7 Å². The van der Waals surface area contributed by atoms with Gasteiger partial charge in [-0.25, -0.2) is 0 Å². The highest BCUT2D eigenvalue weighted by molar-refractivity contribution is 8.22. The molecule has 0 aromatic heterocycles. The van der Waals surface area contributed by atoms with Crippen LogP contribution in [0.25, 0.3) is 5.57 Å². The summed E-state index contributed by atoms with van der Waals surface area (Å²) in [7, 11) is 0.347. The van der Waals surface area contributed by atoms with Crippen molar-refractivity contribution in [1.29, 1.82) is 0 Å². The molecular formula is C35H48O3S. The van der Waals surface area contributed by atoms with Crippen LogP contribution in [-0.4, -0.2) is 46.6 Å². The largest absolute Gasteiger partial charge is 0.388 e. The summed E-state index contributed by atoms with van der Waals surface area (Å²) in [6, 6.07) is 9.29. The van der Waals surface area contributed by atoms with Crippen molar-refractivity contribution in [2.24, 2.45) is 28.6 Å². The summed E-state index contributed by atoms with van der Waals surface area (Å²) in [6.45, 7) is 14.8. The number of ether oxygens (including phenoxy) is 2. The van der Waals surface area contributed by atoms with E-state index in [0.29, 0.717) is 34.2 Å². The Morgan fingerprint density at radius 2 is 1.74 bits per heavy atom. The number of hydrogen-bond donors (Lipinski definition) is 1. The van der Waals surface area contributed by atoms with E-state index < -0.39 is 5.60 Å². The molecule has 3 nitrogen and oxygen atoms in total. The lowest BCUT2D eigenvalue weighted by molar-refractivity contribution is -0.312. The molecule has 4 heteroatoms. The standard InChI is InChI=1S/C35H48O3S/c1-23(2)24-6-8-25(9-7-24)29-19-33(5)30(13-14-34(33,36)22-39-16-17-39)28-11-10-26-18-35(15-12-27(26)31(28)29)37-20-32(3,4)21-38-35/h6-9,16,26,28-30,36H,1,10-15,17-22H2,2-5H3. The fourth-order valence-electron chi connectivity index (χ4n) is 9.33. The minimum atomic E-state index is -0.524. The third kappa shape index (κ3) is 4.39. The number of aliphatic hydroxyl groups is 1. The van der Waals surface area contributed by atoms with Crippen molar-refractivity contribution in [3.63, 3.8) is 0 Å². The Hall–Kier alpha value is -1.20. The molecule has 7 unspecified atom stereocenters. The lowest BCUT2D eigenvalue weighted by Crippen LogP contribution is -2.54. The molecule has 1 aromatic rings. The van der Waals surface area contributed by atoms with Gasteiger partial charge < -0.3 is 14.6 Å². The number of hydrogen-bond acceptors (Lipinski definition) is 3. The Bertz CT molecular complexity index is 1230. The average molecular weight is 549 g/mol. The normalized spacial score (nSPS) is 41.8. The van der Waals surface area contributed by atoms with Gasteiger partial charge in [0.1, 0.15) is 0 Å². The van der Waals surface area contributed by atoms with Gasteiger partial charge in [0.25, 0.3) is 0 Å². The summed E-state index contributed by atoms with van der Waals surface area (Å²) in [5, 5.41) is 14.7. The van der Waals surface area contributed by atoms with Crippen molar-refractivity contribution < 1.29 is 14.6 Å². The highest BCUT2D eigenvalue weighted by Gasteiger charge is 2.63. The van der Waals surface area contributed by atoms with Crippen LogP contribution in [0.3, 0.4) is 0 Å². The monoisotopic (exact) mass is 548 g/mol. The average Bonchev–Trinajstić information content (AvgIpc) is 3.68. The van der Waals surface area contributed by atoms with Gasteiger partial charge in [-0.05, 0) is 74.3 Å². The molecule has 6 aliphatic rings. The van der Waals surface area contributed by atoms with Crippen LogP contribution in [0.1, 0.15) is 96.1 Å². The quantitative estimate of drug-likeness (QED) is 0.309. The molecule has 0 radical (unpaired) electrons. The zero-order valence-electron chi connectivity index (χ0n) is 24.6. The second-order valence-electron chi connectivity index (χ2n) is 15.0. The zero-order valence-corrected chi connectivity index (χ0v) is 25.4. The van der Waals surface area contributed by atoms with E-state index in [4.69, 9.17) is 9.47 Å². The zero-order chi connectivity index (χ0) is 27.2. The lowest BCUT2D eigenvalue weighted by Gasteiger charge is -2.57. The van der Waals surface area contributed by atoms with Crippen molar-refractivity contribution >= 4 is 21.4 Å². The molecule has 7 atom stereocenters. The van der Waals surface area contributed by atoms with E-state index in [2.05, 4.69) is 63.9 Å². The first-order chi connectivity index (χ1) is 18.5. The highest BCUT2D eigenvalue weighted by atomic mass is 32.2. The maximum Gasteiger partial charge on any atom is 0.169 e. The Balaban J connectivity index is 1.27. The van der Waals surface area contributed by atoms with Crippen LogP contribution < -0.4 is 0 Å². The van der Waals surface area contributed by atoms with Crippen LogP contribution in [0, 0.1) is 28.6 Å². The molecule has 2 aliphatic heterocycles. The number of allylic oxidation sites excluding steroid dienone is 3. The molecule has 1 aromatic carbocycles. The number of fused-ring (bicyclic) bond motifs is 4.